The molecule has 1 aliphatic heterocycles. The number of carbonyl (C=O) groups excluding carboxylic acids is 3. The molecule has 168 valence electrons. The summed E-state index contributed by atoms with van der Waals surface area (Å²) in [6.07, 6.45) is 6.35. The normalized spacial score (nSPS) is 37.6. The maximum atomic E-state index is 12.7. The minimum Gasteiger partial charge on any atom is -0.456 e. The minimum atomic E-state index is -2.36. The van der Waals surface area contributed by atoms with Crippen LogP contribution in [0, 0.1) is 17.3 Å². The SMILES string of the molecule is C=C1C=CC(OC(=O)C(C)=CC)C2(C)CCC3C(OC(=O)C3(O)OC(=O)C(C)=CC)C12. The largest absolute Gasteiger partial charge is 0.456 e. The van der Waals surface area contributed by atoms with E-state index in [4.69, 9.17) is 14.2 Å². The molecule has 31 heavy (non-hydrogen) atoms. The zero-order chi connectivity index (χ0) is 23.1. The van der Waals surface area contributed by atoms with E-state index in [0.29, 0.717) is 24.0 Å². The Morgan fingerprint density at radius 3 is 2.45 bits per heavy atom. The molecule has 3 aliphatic rings. The van der Waals surface area contributed by atoms with Crippen molar-refractivity contribution in [3.63, 3.8) is 0 Å². The lowest BCUT2D eigenvalue weighted by Crippen LogP contribution is -2.56. The number of esters is 3. The zero-order valence-electron chi connectivity index (χ0n) is 18.6. The second-order valence-corrected chi connectivity index (χ2v) is 8.79. The molecule has 0 aromatic carbocycles. The van der Waals surface area contributed by atoms with Gasteiger partial charge in [-0.25, -0.2) is 14.4 Å². The molecule has 1 saturated heterocycles. The second kappa shape index (κ2) is 8.11. The second-order valence-electron chi connectivity index (χ2n) is 8.79. The van der Waals surface area contributed by atoms with Crippen LogP contribution in [0.5, 0.6) is 0 Å². The average Bonchev–Trinajstić information content (AvgIpc) is 2.97. The van der Waals surface area contributed by atoms with Crippen LogP contribution in [0.15, 0.2) is 47.6 Å². The number of rotatable bonds is 4. The number of ether oxygens (including phenoxy) is 3. The van der Waals surface area contributed by atoms with Crippen molar-refractivity contribution in [2.24, 2.45) is 17.3 Å². The van der Waals surface area contributed by atoms with Gasteiger partial charge in [-0.2, -0.15) is 0 Å². The van der Waals surface area contributed by atoms with Crippen LogP contribution in [0.3, 0.4) is 0 Å². The number of allylic oxidation sites excluding steroid dienone is 3. The van der Waals surface area contributed by atoms with Gasteiger partial charge in [0, 0.05) is 22.5 Å². The van der Waals surface area contributed by atoms with Crippen molar-refractivity contribution >= 4 is 17.9 Å². The predicted molar refractivity (Wildman–Crippen MR) is 112 cm³/mol. The monoisotopic (exact) mass is 430 g/mol. The number of hydrogen-bond acceptors (Lipinski definition) is 7. The van der Waals surface area contributed by atoms with Crippen LogP contribution in [-0.2, 0) is 28.6 Å². The van der Waals surface area contributed by atoms with E-state index in [-0.39, 0.29) is 5.57 Å². The van der Waals surface area contributed by atoms with Gasteiger partial charge in [0.05, 0.1) is 5.92 Å². The summed E-state index contributed by atoms with van der Waals surface area (Å²) in [6, 6.07) is 0. The molecule has 0 spiro atoms. The maximum Gasteiger partial charge on any atom is 0.380 e. The highest BCUT2D eigenvalue weighted by molar-refractivity contribution is 5.91. The molecule has 3 rings (SSSR count). The van der Waals surface area contributed by atoms with Crippen molar-refractivity contribution in [1.82, 2.24) is 0 Å². The molecule has 1 N–H and O–H groups in total. The van der Waals surface area contributed by atoms with Gasteiger partial charge in [0.25, 0.3) is 0 Å². The molecular formula is C24H30O7. The Morgan fingerprint density at radius 1 is 1.23 bits per heavy atom. The Balaban J connectivity index is 1.92. The number of carbonyl (C=O) groups is 3. The highest BCUT2D eigenvalue weighted by atomic mass is 16.7. The van der Waals surface area contributed by atoms with Crippen molar-refractivity contribution in [3.8, 4) is 0 Å². The standard InChI is InChI=1S/C24H30O7/c1-7-13(3)20(25)29-17-10-9-15(5)18-19-16(11-12-23(17,18)6)24(28,22(27)30-19)31-21(26)14(4)8-2/h7-10,16-19,28H,5,11-12H2,1-4,6H3. The molecule has 7 heteroatoms. The molecule has 0 radical (unpaired) electrons. The van der Waals surface area contributed by atoms with E-state index in [0.717, 1.165) is 0 Å². The Hall–Kier alpha value is -2.67. The van der Waals surface area contributed by atoms with Crippen molar-refractivity contribution in [2.75, 3.05) is 0 Å². The lowest BCUT2D eigenvalue weighted by molar-refractivity contribution is -0.223. The third-order valence-electron chi connectivity index (χ3n) is 6.99. The predicted octanol–water partition coefficient (Wildman–Crippen LogP) is 3.15. The van der Waals surface area contributed by atoms with E-state index in [1.165, 1.54) is 0 Å². The van der Waals surface area contributed by atoms with Crippen molar-refractivity contribution in [1.29, 1.82) is 0 Å². The van der Waals surface area contributed by atoms with Crippen LogP contribution in [-0.4, -0.2) is 41.0 Å². The fourth-order valence-corrected chi connectivity index (χ4v) is 4.77. The zero-order valence-corrected chi connectivity index (χ0v) is 18.6. The summed E-state index contributed by atoms with van der Waals surface area (Å²) in [4.78, 5) is 37.4. The Morgan fingerprint density at radius 2 is 1.84 bits per heavy atom. The number of fused-ring (bicyclic) bond motifs is 3. The summed E-state index contributed by atoms with van der Waals surface area (Å²) in [7, 11) is 0. The Kier molecular flexibility index (Phi) is 6.02. The molecule has 0 aromatic rings. The number of hydrogen-bond donors (Lipinski definition) is 1. The third-order valence-corrected chi connectivity index (χ3v) is 6.99. The molecule has 0 aromatic heterocycles. The molecule has 2 fully saturated rings. The molecule has 0 amide bonds. The third kappa shape index (κ3) is 3.65. The lowest BCUT2D eigenvalue weighted by Gasteiger charge is -2.51. The molecule has 2 aliphatic carbocycles. The van der Waals surface area contributed by atoms with E-state index < -0.39 is 53.2 Å². The van der Waals surface area contributed by atoms with Gasteiger partial charge in [0.15, 0.2) is 0 Å². The van der Waals surface area contributed by atoms with E-state index in [9.17, 15) is 19.5 Å². The topological polar surface area (TPSA) is 99.1 Å². The van der Waals surface area contributed by atoms with Crippen LogP contribution < -0.4 is 0 Å². The van der Waals surface area contributed by atoms with Crippen LogP contribution in [0.1, 0.15) is 47.5 Å². The highest BCUT2D eigenvalue weighted by Crippen LogP contribution is 2.57. The molecule has 7 nitrogen and oxygen atoms in total. The van der Waals surface area contributed by atoms with E-state index >= 15 is 0 Å². The summed E-state index contributed by atoms with van der Waals surface area (Å²) in [5, 5.41) is 11.1. The first-order valence-electron chi connectivity index (χ1n) is 10.5. The van der Waals surface area contributed by atoms with Gasteiger partial charge >= 0.3 is 23.7 Å². The van der Waals surface area contributed by atoms with Crippen LogP contribution in [0.25, 0.3) is 0 Å². The molecule has 6 unspecified atom stereocenters. The van der Waals surface area contributed by atoms with Crippen molar-refractivity contribution in [3.05, 3.63) is 47.6 Å². The quantitative estimate of drug-likeness (QED) is 0.317. The molecule has 1 heterocycles. The van der Waals surface area contributed by atoms with Gasteiger partial charge in [-0.05, 0) is 52.2 Å². The molecular weight excluding hydrogens is 400 g/mol. The smallest absolute Gasteiger partial charge is 0.380 e. The first-order valence-corrected chi connectivity index (χ1v) is 10.5. The fourth-order valence-electron chi connectivity index (χ4n) is 4.77. The van der Waals surface area contributed by atoms with E-state index in [1.807, 2.05) is 6.92 Å². The fraction of sp³-hybridized carbons (Fsp3) is 0.542. The van der Waals surface area contributed by atoms with Crippen LogP contribution in [0.2, 0.25) is 0 Å². The van der Waals surface area contributed by atoms with E-state index in [1.54, 1.807) is 52.0 Å². The minimum absolute atomic E-state index is 0.279. The first-order chi connectivity index (χ1) is 14.5. The van der Waals surface area contributed by atoms with Crippen LogP contribution in [0.4, 0.5) is 0 Å². The van der Waals surface area contributed by atoms with E-state index in [2.05, 4.69) is 6.58 Å². The van der Waals surface area contributed by atoms with Gasteiger partial charge in [0.1, 0.15) is 12.2 Å². The Bertz CT molecular complexity index is 911. The average molecular weight is 430 g/mol. The Labute approximate surface area is 182 Å². The van der Waals surface area contributed by atoms with Crippen molar-refractivity contribution in [2.45, 2.75) is 65.5 Å². The highest BCUT2D eigenvalue weighted by Gasteiger charge is 2.67. The molecule has 1 saturated carbocycles. The van der Waals surface area contributed by atoms with Gasteiger partial charge in [-0.1, -0.05) is 31.7 Å². The summed E-state index contributed by atoms with van der Waals surface area (Å²) in [6.45, 7) is 12.7. The summed E-state index contributed by atoms with van der Waals surface area (Å²) in [5.41, 5.74) is 0.896. The summed E-state index contributed by atoms with van der Waals surface area (Å²) in [5.74, 6) is -5.68. The van der Waals surface area contributed by atoms with Gasteiger partial charge < -0.3 is 19.3 Å². The molecule has 6 atom stereocenters. The molecule has 0 bridgehead atoms. The number of aliphatic hydroxyl groups is 1. The van der Waals surface area contributed by atoms with Gasteiger partial charge in [0.2, 0.25) is 0 Å². The summed E-state index contributed by atoms with van der Waals surface area (Å²) < 4.78 is 16.6. The van der Waals surface area contributed by atoms with Crippen molar-refractivity contribution < 1.29 is 33.7 Å². The lowest BCUT2D eigenvalue weighted by atomic mass is 9.55. The summed E-state index contributed by atoms with van der Waals surface area (Å²) >= 11 is 0. The van der Waals surface area contributed by atoms with Gasteiger partial charge in [-0.15, -0.1) is 0 Å². The first kappa shape index (κ1) is 23.0. The van der Waals surface area contributed by atoms with Gasteiger partial charge in [-0.3, -0.25) is 0 Å². The maximum absolute atomic E-state index is 12.7. The van der Waals surface area contributed by atoms with Crippen LogP contribution >= 0.6 is 0 Å².